The Morgan fingerprint density at radius 1 is 1.56 bits per heavy atom. The summed E-state index contributed by atoms with van der Waals surface area (Å²) in [6, 6.07) is 0. The molecule has 0 saturated carbocycles. The molecule has 0 spiro atoms. The van der Waals surface area contributed by atoms with Gasteiger partial charge in [-0.05, 0) is 32.1 Å². The number of nitrogens with one attached hydrogen (secondary N) is 1. The third kappa shape index (κ3) is 2.12. The molecule has 0 saturated heterocycles. The molecule has 1 unspecified atom stereocenters. The molecule has 0 bridgehead atoms. The Morgan fingerprint density at radius 3 is 2.94 bits per heavy atom. The van der Waals surface area contributed by atoms with Crippen LogP contribution < -0.4 is 5.56 Å². The van der Waals surface area contributed by atoms with Gasteiger partial charge in [0.25, 0.3) is 5.56 Å². The maximum absolute atomic E-state index is 11.8. The fourth-order valence-electron chi connectivity index (χ4n) is 2.34. The van der Waals surface area contributed by atoms with Gasteiger partial charge in [0.15, 0.2) is 5.56 Å². The van der Waals surface area contributed by atoms with Crippen molar-refractivity contribution >= 4 is 5.97 Å². The lowest BCUT2D eigenvalue weighted by Gasteiger charge is -2.22. The van der Waals surface area contributed by atoms with Crippen molar-refractivity contribution in [2.45, 2.75) is 33.1 Å². The highest BCUT2D eigenvalue weighted by Gasteiger charge is 2.26. The number of esters is 1. The largest absolute Gasteiger partial charge is 0.506 e. The molecule has 5 nitrogen and oxygen atoms in total. The minimum atomic E-state index is -0.766. The number of aromatic amines is 1. The van der Waals surface area contributed by atoms with E-state index in [1.54, 1.807) is 6.92 Å². The summed E-state index contributed by atoms with van der Waals surface area (Å²) in [5.74, 6) is -0.541. The molecule has 1 aliphatic carbocycles. The van der Waals surface area contributed by atoms with Crippen molar-refractivity contribution in [3.8, 4) is 5.75 Å². The van der Waals surface area contributed by atoms with Crippen molar-refractivity contribution in [3.63, 3.8) is 0 Å². The van der Waals surface area contributed by atoms with Crippen molar-refractivity contribution < 1.29 is 14.6 Å². The van der Waals surface area contributed by atoms with E-state index >= 15 is 0 Å². The molecule has 1 aromatic rings. The van der Waals surface area contributed by atoms with Gasteiger partial charge < -0.3 is 14.8 Å². The zero-order valence-electron chi connectivity index (χ0n) is 10.6. The van der Waals surface area contributed by atoms with Crippen LogP contribution in [-0.4, -0.2) is 22.7 Å². The van der Waals surface area contributed by atoms with Crippen molar-refractivity contribution in [3.05, 3.63) is 27.2 Å². The molecule has 1 heterocycles. The maximum Gasteiger partial charge on any atom is 0.347 e. The summed E-state index contributed by atoms with van der Waals surface area (Å²) in [6.07, 6.45) is 2.37. The van der Waals surface area contributed by atoms with Gasteiger partial charge in [-0.2, -0.15) is 0 Å². The monoisotopic (exact) mass is 251 g/mol. The fraction of sp³-hybridized carbons (Fsp3) is 0.538. The predicted octanol–water partition coefficient (Wildman–Crippen LogP) is 1.38. The minimum absolute atomic E-state index is 0.172. The second kappa shape index (κ2) is 4.84. The van der Waals surface area contributed by atoms with E-state index in [1.807, 2.05) is 0 Å². The second-order valence-electron chi connectivity index (χ2n) is 4.70. The molecule has 1 aliphatic rings. The van der Waals surface area contributed by atoms with Gasteiger partial charge in [0, 0.05) is 11.3 Å². The van der Waals surface area contributed by atoms with E-state index < -0.39 is 11.5 Å². The predicted molar refractivity (Wildman–Crippen MR) is 65.9 cm³/mol. The van der Waals surface area contributed by atoms with Crippen LogP contribution in [-0.2, 0) is 17.6 Å². The van der Waals surface area contributed by atoms with Crippen LogP contribution in [0.2, 0.25) is 0 Å². The van der Waals surface area contributed by atoms with Gasteiger partial charge in [-0.15, -0.1) is 0 Å². The second-order valence-corrected chi connectivity index (χ2v) is 4.70. The number of carbonyl (C=O) groups is 1. The van der Waals surface area contributed by atoms with Crippen LogP contribution in [0.1, 0.15) is 41.9 Å². The number of hydrogen-bond acceptors (Lipinski definition) is 4. The fourth-order valence-corrected chi connectivity index (χ4v) is 2.34. The van der Waals surface area contributed by atoms with Gasteiger partial charge in [-0.3, -0.25) is 4.79 Å². The van der Waals surface area contributed by atoms with Crippen LogP contribution in [0.5, 0.6) is 5.75 Å². The smallest absolute Gasteiger partial charge is 0.347 e. The number of carbonyl (C=O) groups excluding carboxylic acids is 1. The Hall–Kier alpha value is -1.78. The molecular formula is C13H17NO4. The Labute approximate surface area is 105 Å². The summed E-state index contributed by atoms with van der Waals surface area (Å²) in [6.45, 7) is 3.91. The number of rotatable bonds is 2. The third-order valence-corrected chi connectivity index (χ3v) is 3.30. The lowest BCUT2D eigenvalue weighted by Crippen LogP contribution is -2.25. The number of aryl methyl sites for hydroxylation is 1. The Bertz CT molecular complexity index is 533. The lowest BCUT2D eigenvalue weighted by molar-refractivity contribution is 0.0520. The molecule has 1 aromatic heterocycles. The van der Waals surface area contributed by atoms with Crippen molar-refractivity contribution in [1.82, 2.24) is 4.98 Å². The van der Waals surface area contributed by atoms with Crippen LogP contribution in [0, 0.1) is 5.92 Å². The van der Waals surface area contributed by atoms with Crippen LogP contribution in [0.25, 0.3) is 0 Å². The third-order valence-electron chi connectivity index (χ3n) is 3.30. The molecule has 0 aromatic carbocycles. The molecule has 0 aliphatic heterocycles. The molecule has 0 radical (unpaired) electrons. The number of H-pyrrole nitrogens is 1. The Balaban J connectivity index is 2.52. The van der Waals surface area contributed by atoms with Gasteiger partial charge in [-0.25, -0.2) is 4.79 Å². The summed E-state index contributed by atoms with van der Waals surface area (Å²) in [7, 11) is 0. The summed E-state index contributed by atoms with van der Waals surface area (Å²) < 4.78 is 4.79. The first-order chi connectivity index (χ1) is 8.54. The first kappa shape index (κ1) is 12.7. The highest BCUT2D eigenvalue weighted by molar-refractivity contribution is 5.92. The number of aromatic hydroxyl groups is 1. The Morgan fingerprint density at radius 2 is 2.28 bits per heavy atom. The van der Waals surface area contributed by atoms with Crippen LogP contribution in [0.3, 0.4) is 0 Å². The average Bonchev–Trinajstić information content (AvgIpc) is 2.31. The lowest BCUT2D eigenvalue weighted by atomic mass is 9.86. The highest BCUT2D eigenvalue weighted by atomic mass is 16.5. The molecule has 98 valence electrons. The summed E-state index contributed by atoms with van der Waals surface area (Å²) in [4.78, 5) is 26.1. The number of hydrogen-bond donors (Lipinski definition) is 2. The van der Waals surface area contributed by atoms with Crippen molar-refractivity contribution in [1.29, 1.82) is 0 Å². The standard InChI is InChI=1S/C13H17NO4/c1-3-18-13(17)10-11(15)8-6-7(2)4-5-9(8)14-12(10)16/h7H,3-6H2,1-2H3,(H2,14,15,16). The zero-order chi connectivity index (χ0) is 13.3. The number of aromatic nitrogens is 1. The van der Waals surface area contributed by atoms with Gasteiger partial charge in [0.2, 0.25) is 0 Å². The molecule has 0 amide bonds. The highest BCUT2D eigenvalue weighted by Crippen LogP contribution is 2.31. The van der Waals surface area contributed by atoms with Gasteiger partial charge >= 0.3 is 5.97 Å². The van der Waals surface area contributed by atoms with E-state index in [9.17, 15) is 14.7 Å². The van der Waals surface area contributed by atoms with Gasteiger partial charge in [0.05, 0.1) is 6.61 Å². The maximum atomic E-state index is 11.8. The molecule has 2 rings (SSSR count). The first-order valence-corrected chi connectivity index (χ1v) is 6.18. The van der Waals surface area contributed by atoms with Crippen LogP contribution >= 0.6 is 0 Å². The topological polar surface area (TPSA) is 79.4 Å². The molecule has 2 N–H and O–H groups in total. The quantitative estimate of drug-likeness (QED) is 0.778. The van der Waals surface area contributed by atoms with E-state index in [0.29, 0.717) is 17.9 Å². The SMILES string of the molecule is CCOC(=O)c1c(O)c2c([nH]c1=O)CCC(C)C2. The van der Waals surface area contributed by atoms with E-state index in [4.69, 9.17) is 4.74 Å². The number of pyridine rings is 1. The number of fused-ring (bicyclic) bond motifs is 1. The molecule has 0 fully saturated rings. The van der Waals surface area contributed by atoms with Gasteiger partial charge in [0.1, 0.15) is 5.75 Å². The minimum Gasteiger partial charge on any atom is -0.506 e. The van der Waals surface area contributed by atoms with Crippen LogP contribution in [0.4, 0.5) is 0 Å². The van der Waals surface area contributed by atoms with E-state index in [-0.39, 0.29) is 17.9 Å². The first-order valence-electron chi connectivity index (χ1n) is 6.18. The number of ether oxygens (including phenoxy) is 1. The summed E-state index contributed by atoms with van der Waals surface area (Å²) in [5, 5.41) is 10.1. The van der Waals surface area contributed by atoms with E-state index in [1.165, 1.54) is 0 Å². The van der Waals surface area contributed by atoms with Crippen molar-refractivity contribution in [2.75, 3.05) is 6.61 Å². The summed E-state index contributed by atoms with van der Waals surface area (Å²) >= 11 is 0. The zero-order valence-corrected chi connectivity index (χ0v) is 10.6. The van der Waals surface area contributed by atoms with Crippen LogP contribution in [0.15, 0.2) is 4.79 Å². The summed E-state index contributed by atoms with van der Waals surface area (Å²) in [5.41, 5.74) is 0.573. The Kier molecular flexibility index (Phi) is 3.41. The molecule has 1 atom stereocenters. The molecule has 5 heteroatoms. The average molecular weight is 251 g/mol. The normalized spacial score (nSPS) is 18.2. The van der Waals surface area contributed by atoms with E-state index in [0.717, 1.165) is 18.5 Å². The molecule has 18 heavy (non-hydrogen) atoms. The van der Waals surface area contributed by atoms with E-state index in [2.05, 4.69) is 11.9 Å². The molecular weight excluding hydrogens is 234 g/mol. The van der Waals surface area contributed by atoms with Crippen molar-refractivity contribution in [2.24, 2.45) is 5.92 Å². The van der Waals surface area contributed by atoms with Gasteiger partial charge in [-0.1, -0.05) is 6.92 Å².